The van der Waals surface area contributed by atoms with Crippen LogP contribution >= 0.6 is 0 Å². The van der Waals surface area contributed by atoms with Crippen molar-refractivity contribution in [3.8, 4) is 0 Å². The molecule has 0 aliphatic carbocycles. The zero-order chi connectivity index (χ0) is 15.9. The van der Waals surface area contributed by atoms with E-state index < -0.39 is 0 Å². The third-order valence-corrected chi connectivity index (χ3v) is 3.75. The molecule has 1 fully saturated rings. The van der Waals surface area contributed by atoms with Crippen molar-refractivity contribution >= 4 is 11.9 Å². The predicted octanol–water partition coefficient (Wildman–Crippen LogP) is 1.14. The summed E-state index contributed by atoms with van der Waals surface area (Å²) in [5.74, 6) is -0.0344. The van der Waals surface area contributed by atoms with Gasteiger partial charge in [-0.1, -0.05) is 18.2 Å². The summed E-state index contributed by atoms with van der Waals surface area (Å²) in [7, 11) is 3.51. The molecule has 0 N–H and O–H groups in total. The fourth-order valence-electron chi connectivity index (χ4n) is 2.29. The van der Waals surface area contributed by atoms with E-state index in [0.29, 0.717) is 45.0 Å². The minimum absolute atomic E-state index is 0.0103. The van der Waals surface area contributed by atoms with Crippen LogP contribution < -0.4 is 0 Å². The zero-order valence-corrected chi connectivity index (χ0v) is 13.2. The second kappa shape index (κ2) is 7.79. The Morgan fingerprint density at radius 2 is 1.64 bits per heavy atom. The maximum atomic E-state index is 12.2. The minimum atomic E-state index is -0.0344. The van der Waals surface area contributed by atoms with Crippen LogP contribution in [0.4, 0.5) is 4.79 Å². The van der Waals surface area contributed by atoms with Gasteiger partial charge in [-0.2, -0.15) is 0 Å². The topological polar surface area (TPSA) is 53.1 Å². The molecule has 0 unspecified atom stereocenters. The summed E-state index contributed by atoms with van der Waals surface area (Å²) in [6.07, 6.45) is 0. The number of benzene rings is 1. The summed E-state index contributed by atoms with van der Waals surface area (Å²) in [5.41, 5.74) is 0.659. The molecule has 1 heterocycles. The Labute approximate surface area is 131 Å². The number of rotatable bonds is 4. The highest BCUT2D eigenvalue weighted by Crippen LogP contribution is 2.05. The Morgan fingerprint density at radius 1 is 1.05 bits per heavy atom. The summed E-state index contributed by atoms with van der Waals surface area (Å²) in [6, 6.07) is 9.14. The number of nitrogens with zero attached hydrogens (tertiary/aromatic N) is 3. The lowest BCUT2D eigenvalue weighted by atomic mass is 10.2. The van der Waals surface area contributed by atoms with Gasteiger partial charge in [-0.25, -0.2) is 4.79 Å². The van der Waals surface area contributed by atoms with Crippen molar-refractivity contribution in [1.82, 2.24) is 14.7 Å². The van der Waals surface area contributed by atoms with Crippen LogP contribution in [0.1, 0.15) is 10.4 Å². The van der Waals surface area contributed by atoms with Crippen molar-refractivity contribution in [2.24, 2.45) is 0 Å². The lowest BCUT2D eigenvalue weighted by Crippen LogP contribution is -2.48. The van der Waals surface area contributed by atoms with Crippen molar-refractivity contribution in [2.45, 2.75) is 0 Å². The number of urea groups is 1. The normalized spacial score (nSPS) is 14.5. The molecule has 0 spiro atoms. The van der Waals surface area contributed by atoms with Crippen LogP contribution in [0.25, 0.3) is 0 Å². The molecule has 1 saturated heterocycles. The van der Waals surface area contributed by atoms with Crippen LogP contribution in [0.3, 0.4) is 0 Å². The SMILES string of the molecule is CN(CCN(C)C(=O)N1CCOCC1)C(=O)c1ccccc1. The van der Waals surface area contributed by atoms with Crippen molar-refractivity contribution < 1.29 is 14.3 Å². The van der Waals surface area contributed by atoms with E-state index >= 15 is 0 Å². The fourth-order valence-corrected chi connectivity index (χ4v) is 2.29. The average Bonchev–Trinajstić information content (AvgIpc) is 2.59. The number of carbonyl (C=O) groups is 2. The number of ether oxygens (including phenoxy) is 1. The summed E-state index contributed by atoms with van der Waals surface area (Å²) in [5, 5.41) is 0. The molecule has 0 atom stereocenters. The molecule has 1 aromatic rings. The summed E-state index contributed by atoms with van der Waals surface area (Å²) in [4.78, 5) is 29.5. The van der Waals surface area contributed by atoms with Crippen LogP contribution in [0.5, 0.6) is 0 Å². The van der Waals surface area contributed by atoms with E-state index in [9.17, 15) is 9.59 Å². The van der Waals surface area contributed by atoms with E-state index in [2.05, 4.69) is 0 Å². The number of amides is 3. The standard InChI is InChI=1S/C16H23N3O3/c1-17(15(20)14-6-4-3-5-7-14)8-9-18(2)16(21)19-10-12-22-13-11-19/h3-7H,8-13H2,1-2H3. The number of likely N-dealkylation sites (N-methyl/N-ethyl adjacent to an activating group) is 2. The second-order valence-electron chi connectivity index (χ2n) is 5.40. The molecule has 6 nitrogen and oxygen atoms in total. The maximum Gasteiger partial charge on any atom is 0.319 e. The van der Waals surface area contributed by atoms with Crippen molar-refractivity contribution in [2.75, 3.05) is 53.5 Å². The Kier molecular flexibility index (Phi) is 5.77. The summed E-state index contributed by atoms with van der Waals surface area (Å²) >= 11 is 0. The third kappa shape index (κ3) is 4.21. The van der Waals surface area contributed by atoms with Crippen molar-refractivity contribution in [3.63, 3.8) is 0 Å². The lowest BCUT2D eigenvalue weighted by Gasteiger charge is -2.31. The average molecular weight is 305 g/mol. The number of morpholine rings is 1. The van der Waals surface area contributed by atoms with Crippen LogP contribution in [-0.2, 0) is 4.74 Å². The van der Waals surface area contributed by atoms with Gasteiger partial charge in [0.15, 0.2) is 0 Å². The monoisotopic (exact) mass is 305 g/mol. The first kappa shape index (κ1) is 16.3. The molecular weight excluding hydrogens is 282 g/mol. The van der Waals surface area contributed by atoms with E-state index in [1.807, 2.05) is 18.2 Å². The quantitative estimate of drug-likeness (QED) is 0.838. The molecule has 1 aliphatic rings. The molecule has 120 valence electrons. The molecule has 0 radical (unpaired) electrons. The zero-order valence-electron chi connectivity index (χ0n) is 13.2. The first-order valence-corrected chi connectivity index (χ1v) is 7.48. The van der Waals surface area contributed by atoms with Crippen LogP contribution in [0, 0.1) is 0 Å². The van der Waals surface area contributed by atoms with E-state index in [1.165, 1.54) is 0 Å². The fraction of sp³-hybridized carbons (Fsp3) is 0.500. The highest BCUT2D eigenvalue weighted by Gasteiger charge is 2.21. The van der Waals surface area contributed by atoms with Gasteiger partial charge >= 0.3 is 6.03 Å². The maximum absolute atomic E-state index is 12.2. The van der Waals surface area contributed by atoms with Gasteiger partial charge in [-0.3, -0.25) is 4.79 Å². The molecule has 6 heteroatoms. The highest BCUT2D eigenvalue weighted by molar-refractivity contribution is 5.94. The van der Waals surface area contributed by atoms with Gasteiger partial charge in [0, 0.05) is 45.8 Å². The minimum Gasteiger partial charge on any atom is -0.378 e. The smallest absolute Gasteiger partial charge is 0.319 e. The van der Waals surface area contributed by atoms with E-state index in [1.54, 1.807) is 40.9 Å². The summed E-state index contributed by atoms with van der Waals surface area (Å²) in [6.45, 7) is 3.44. The van der Waals surface area contributed by atoms with Gasteiger partial charge < -0.3 is 19.4 Å². The predicted molar refractivity (Wildman–Crippen MR) is 83.8 cm³/mol. The third-order valence-electron chi connectivity index (χ3n) is 3.75. The number of hydrogen-bond donors (Lipinski definition) is 0. The van der Waals surface area contributed by atoms with Gasteiger partial charge in [-0.15, -0.1) is 0 Å². The van der Waals surface area contributed by atoms with Crippen LogP contribution in [0.15, 0.2) is 30.3 Å². The molecular formula is C16H23N3O3. The Balaban J connectivity index is 1.81. The number of carbonyl (C=O) groups excluding carboxylic acids is 2. The van der Waals surface area contributed by atoms with Crippen LogP contribution in [0.2, 0.25) is 0 Å². The van der Waals surface area contributed by atoms with Gasteiger partial charge in [0.1, 0.15) is 0 Å². The Bertz CT molecular complexity index is 501. The van der Waals surface area contributed by atoms with Gasteiger partial charge in [0.2, 0.25) is 0 Å². The Morgan fingerprint density at radius 3 is 2.27 bits per heavy atom. The molecule has 0 bridgehead atoms. The number of hydrogen-bond acceptors (Lipinski definition) is 3. The van der Waals surface area contributed by atoms with Crippen LogP contribution in [-0.4, -0.2) is 80.1 Å². The van der Waals surface area contributed by atoms with E-state index in [0.717, 1.165) is 0 Å². The van der Waals surface area contributed by atoms with Crippen molar-refractivity contribution in [1.29, 1.82) is 0 Å². The van der Waals surface area contributed by atoms with Gasteiger partial charge in [0.25, 0.3) is 5.91 Å². The van der Waals surface area contributed by atoms with E-state index in [-0.39, 0.29) is 11.9 Å². The second-order valence-corrected chi connectivity index (χ2v) is 5.40. The van der Waals surface area contributed by atoms with Crippen molar-refractivity contribution in [3.05, 3.63) is 35.9 Å². The molecule has 0 saturated carbocycles. The lowest BCUT2D eigenvalue weighted by molar-refractivity contribution is 0.0445. The molecule has 3 amide bonds. The molecule has 2 rings (SSSR count). The summed E-state index contributed by atoms with van der Waals surface area (Å²) < 4.78 is 5.24. The molecule has 0 aromatic heterocycles. The first-order valence-electron chi connectivity index (χ1n) is 7.48. The molecule has 1 aliphatic heterocycles. The van der Waals surface area contributed by atoms with E-state index in [4.69, 9.17) is 4.74 Å². The largest absolute Gasteiger partial charge is 0.378 e. The van der Waals surface area contributed by atoms with Gasteiger partial charge in [-0.05, 0) is 12.1 Å². The highest BCUT2D eigenvalue weighted by atomic mass is 16.5. The Hall–Kier alpha value is -2.08. The van der Waals surface area contributed by atoms with Gasteiger partial charge in [0.05, 0.1) is 13.2 Å². The first-order chi connectivity index (χ1) is 10.6. The molecule has 22 heavy (non-hydrogen) atoms. The molecule has 1 aromatic carbocycles.